The molecule has 0 unspecified atom stereocenters. The lowest BCUT2D eigenvalue weighted by Gasteiger charge is -2.05. The molecule has 3 aromatic rings. The highest BCUT2D eigenvalue weighted by molar-refractivity contribution is 6.29. The Labute approximate surface area is 114 Å². The van der Waals surface area contributed by atoms with Crippen LogP contribution < -0.4 is 0 Å². The predicted molar refractivity (Wildman–Crippen MR) is 69.9 cm³/mol. The van der Waals surface area contributed by atoms with Crippen molar-refractivity contribution in [2.75, 3.05) is 0 Å². The van der Waals surface area contributed by atoms with Gasteiger partial charge in [-0.3, -0.25) is 9.97 Å². The minimum absolute atomic E-state index is 0.340. The number of nitrogens with zero attached hydrogens (tertiary/aromatic N) is 6. The average Bonchev–Trinajstić information content (AvgIpc) is 2.90. The standard InChI is InChI=1S/C12H9ClN6/c1-8-6-15-9(7-14-8)10-4-5-16-19(10)12-3-2-11(13)17-18-12/h2-7H,1H3. The smallest absolute Gasteiger partial charge is 0.176 e. The summed E-state index contributed by atoms with van der Waals surface area (Å²) >= 11 is 5.72. The molecule has 7 heteroatoms. The van der Waals surface area contributed by atoms with Gasteiger partial charge in [0.15, 0.2) is 11.0 Å². The number of hydrogen-bond donors (Lipinski definition) is 0. The molecule has 0 amide bonds. The number of aromatic nitrogens is 6. The fraction of sp³-hybridized carbons (Fsp3) is 0.0833. The van der Waals surface area contributed by atoms with Gasteiger partial charge in [0.1, 0.15) is 5.69 Å². The maximum atomic E-state index is 5.72. The molecule has 3 aromatic heterocycles. The normalized spacial score (nSPS) is 10.6. The van der Waals surface area contributed by atoms with Crippen LogP contribution in [0.25, 0.3) is 17.2 Å². The van der Waals surface area contributed by atoms with E-state index in [9.17, 15) is 0 Å². The van der Waals surface area contributed by atoms with Gasteiger partial charge < -0.3 is 0 Å². The van der Waals surface area contributed by atoms with Crippen molar-refractivity contribution in [2.45, 2.75) is 6.92 Å². The zero-order valence-corrected chi connectivity index (χ0v) is 10.8. The second-order valence-corrected chi connectivity index (χ2v) is 4.27. The van der Waals surface area contributed by atoms with Crippen molar-refractivity contribution in [3.8, 4) is 17.2 Å². The Morgan fingerprint density at radius 1 is 1.05 bits per heavy atom. The summed E-state index contributed by atoms with van der Waals surface area (Å²) in [5, 5.41) is 12.4. The number of hydrogen-bond acceptors (Lipinski definition) is 5. The van der Waals surface area contributed by atoms with Crippen LogP contribution in [0.2, 0.25) is 5.15 Å². The first-order chi connectivity index (χ1) is 9.24. The topological polar surface area (TPSA) is 69.4 Å². The van der Waals surface area contributed by atoms with Crippen molar-refractivity contribution in [3.63, 3.8) is 0 Å². The highest BCUT2D eigenvalue weighted by Crippen LogP contribution is 2.18. The summed E-state index contributed by atoms with van der Waals surface area (Å²) in [6.07, 6.45) is 5.08. The molecule has 0 bridgehead atoms. The molecule has 0 saturated carbocycles. The van der Waals surface area contributed by atoms with Gasteiger partial charge in [-0.15, -0.1) is 10.2 Å². The molecule has 0 aliphatic carbocycles. The summed E-state index contributed by atoms with van der Waals surface area (Å²) < 4.78 is 1.64. The molecule has 6 nitrogen and oxygen atoms in total. The molecule has 94 valence electrons. The van der Waals surface area contributed by atoms with Gasteiger partial charge in [0, 0.05) is 6.20 Å². The van der Waals surface area contributed by atoms with E-state index in [-0.39, 0.29) is 0 Å². The van der Waals surface area contributed by atoms with Crippen molar-refractivity contribution in [2.24, 2.45) is 0 Å². The lowest BCUT2D eigenvalue weighted by Crippen LogP contribution is -2.03. The Bertz CT molecular complexity index is 629. The summed E-state index contributed by atoms with van der Waals surface area (Å²) in [6, 6.07) is 5.25. The molecule has 0 aromatic carbocycles. The fourth-order valence-corrected chi connectivity index (χ4v) is 1.73. The second kappa shape index (κ2) is 4.74. The first kappa shape index (κ1) is 11.7. The van der Waals surface area contributed by atoms with E-state index in [1.54, 1.807) is 35.4 Å². The number of rotatable bonds is 2. The molecule has 3 heterocycles. The molecule has 0 atom stereocenters. The van der Waals surface area contributed by atoms with Crippen LogP contribution in [0.15, 0.2) is 36.8 Å². The summed E-state index contributed by atoms with van der Waals surface area (Å²) in [5.41, 5.74) is 2.38. The lowest BCUT2D eigenvalue weighted by atomic mass is 10.3. The number of aryl methyl sites for hydroxylation is 1. The minimum atomic E-state index is 0.340. The predicted octanol–water partition coefficient (Wildman–Crippen LogP) is 2.08. The average molecular weight is 273 g/mol. The van der Waals surface area contributed by atoms with Crippen LogP contribution in [0.5, 0.6) is 0 Å². The second-order valence-electron chi connectivity index (χ2n) is 3.89. The van der Waals surface area contributed by atoms with Crippen LogP contribution in [-0.4, -0.2) is 29.9 Å². The fourth-order valence-electron chi connectivity index (χ4n) is 1.63. The molecule has 0 aliphatic heterocycles. The van der Waals surface area contributed by atoms with Gasteiger partial charge in [-0.05, 0) is 25.1 Å². The molecular formula is C12H9ClN6. The SMILES string of the molecule is Cc1cnc(-c2ccnn2-c2ccc(Cl)nn2)cn1. The van der Waals surface area contributed by atoms with E-state index in [2.05, 4.69) is 25.3 Å². The Morgan fingerprint density at radius 3 is 2.63 bits per heavy atom. The van der Waals surface area contributed by atoms with Gasteiger partial charge in [-0.25, -0.2) is 4.68 Å². The first-order valence-corrected chi connectivity index (χ1v) is 5.94. The maximum Gasteiger partial charge on any atom is 0.176 e. The zero-order valence-electron chi connectivity index (χ0n) is 10.0. The van der Waals surface area contributed by atoms with Crippen molar-refractivity contribution in [3.05, 3.63) is 47.6 Å². The van der Waals surface area contributed by atoms with Crippen molar-refractivity contribution in [1.29, 1.82) is 0 Å². The van der Waals surface area contributed by atoms with E-state index >= 15 is 0 Å². The van der Waals surface area contributed by atoms with E-state index in [0.717, 1.165) is 17.1 Å². The molecule has 3 rings (SSSR count). The summed E-state index contributed by atoms with van der Waals surface area (Å²) in [6.45, 7) is 1.89. The van der Waals surface area contributed by atoms with E-state index in [4.69, 9.17) is 11.6 Å². The molecule has 0 aliphatic rings. The Hall–Kier alpha value is -2.34. The Morgan fingerprint density at radius 2 is 1.95 bits per heavy atom. The third-order valence-electron chi connectivity index (χ3n) is 2.52. The third kappa shape index (κ3) is 2.30. The highest BCUT2D eigenvalue weighted by atomic mass is 35.5. The van der Waals surface area contributed by atoms with E-state index in [1.807, 2.05) is 13.0 Å². The van der Waals surface area contributed by atoms with E-state index in [0.29, 0.717) is 11.0 Å². The minimum Gasteiger partial charge on any atom is -0.258 e. The summed E-state index contributed by atoms with van der Waals surface area (Å²) in [4.78, 5) is 8.55. The Kier molecular flexibility index (Phi) is 2.92. The van der Waals surface area contributed by atoms with Crippen molar-refractivity contribution in [1.82, 2.24) is 29.9 Å². The number of halogens is 1. The Balaban J connectivity index is 2.07. The van der Waals surface area contributed by atoms with Gasteiger partial charge in [0.2, 0.25) is 0 Å². The lowest BCUT2D eigenvalue weighted by molar-refractivity contribution is 0.817. The molecule has 0 radical (unpaired) electrons. The third-order valence-corrected chi connectivity index (χ3v) is 2.72. The zero-order chi connectivity index (χ0) is 13.2. The highest BCUT2D eigenvalue weighted by Gasteiger charge is 2.10. The van der Waals surface area contributed by atoms with Gasteiger partial charge >= 0.3 is 0 Å². The molecule has 0 spiro atoms. The monoisotopic (exact) mass is 272 g/mol. The maximum absolute atomic E-state index is 5.72. The quantitative estimate of drug-likeness (QED) is 0.714. The molecule has 0 saturated heterocycles. The van der Waals surface area contributed by atoms with Gasteiger partial charge in [0.05, 0.1) is 23.8 Å². The van der Waals surface area contributed by atoms with Gasteiger partial charge in [0.25, 0.3) is 0 Å². The van der Waals surface area contributed by atoms with Crippen LogP contribution in [0, 0.1) is 6.92 Å². The van der Waals surface area contributed by atoms with Crippen LogP contribution in [0.3, 0.4) is 0 Å². The molecule has 19 heavy (non-hydrogen) atoms. The van der Waals surface area contributed by atoms with Crippen LogP contribution in [0.4, 0.5) is 0 Å². The summed E-state index contributed by atoms with van der Waals surface area (Å²) in [7, 11) is 0. The molecule has 0 fully saturated rings. The molecular weight excluding hydrogens is 264 g/mol. The largest absolute Gasteiger partial charge is 0.258 e. The van der Waals surface area contributed by atoms with Gasteiger partial charge in [-0.1, -0.05) is 11.6 Å². The van der Waals surface area contributed by atoms with E-state index in [1.165, 1.54) is 0 Å². The molecule has 0 N–H and O–H groups in total. The first-order valence-electron chi connectivity index (χ1n) is 5.57. The van der Waals surface area contributed by atoms with Gasteiger partial charge in [-0.2, -0.15) is 5.10 Å². The van der Waals surface area contributed by atoms with Crippen LogP contribution in [0.1, 0.15) is 5.69 Å². The summed E-state index contributed by atoms with van der Waals surface area (Å²) in [5.74, 6) is 0.576. The van der Waals surface area contributed by atoms with Crippen LogP contribution >= 0.6 is 11.6 Å². The van der Waals surface area contributed by atoms with Crippen molar-refractivity contribution >= 4 is 11.6 Å². The van der Waals surface area contributed by atoms with Crippen molar-refractivity contribution < 1.29 is 0 Å². The van der Waals surface area contributed by atoms with Crippen LogP contribution in [-0.2, 0) is 0 Å². The van der Waals surface area contributed by atoms with E-state index < -0.39 is 0 Å².